The molecule has 18 heavy (non-hydrogen) atoms. The van der Waals surface area contributed by atoms with Gasteiger partial charge in [0, 0.05) is 24.6 Å². The van der Waals surface area contributed by atoms with Crippen molar-refractivity contribution in [3.63, 3.8) is 0 Å². The molecule has 2 rings (SSSR count). The molecule has 1 aromatic carbocycles. The Bertz CT molecular complexity index is 459. The fraction of sp³-hybridized carbons (Fsp3) is 0.417. The topological polar surface area (TPSA) is 41.1 Å². The van der Waals surface area contributed by atoms with Crippen LogP contribution in [0.25, 0.3) is 0 Å². The van der Waals surface area contributed by atoms with E-state index in [2.05, 4.69) is 10.6 Å². The quantitative estimate of drug-likeness (QED) is 0.816. The molecule has 0 saturated carbocycles. The summed E-state index contributed by atoms with van der Waals surface area (Å²) in [5.74, 6) is -3.95. The summed E-state index contributed by atoms with van der Waals surface area (Å²) >= 11 is 0. The number of anilines is 1. The maximum atomic E-state index is 13.3. The molecular weight excluding hydrogens is 245 g/mol. The number of rotatable bonds is 3. The van der Waals surface area contributed by atoms with Crippen LogP contribution < -0.4 is 10.6 Å². The van der Waals surface area contributed by atoms with Crippen LogP contribution in [-0.2, 0) is 4.79 Å². The predicted octanol–water partition coefficient (Wildman–Crippen LogP) is 2.18. The average Bonchev–Trinajstić information content (AvgIpc) is 2.77. The van der Waals surface area contributed by atoms with E-state index in [1.165, 1.54) is 0 Å². The lowest BCUT2D eigenvalue weighted by molar-refractivity contribution is -0.116. The summed E-state index contributed by atoms with van der Waals surface area (Å²) in [5.41, 5.74) is -0.463. The lowest BCUT2D eigenvalue weighted by Gasteiger charge is -2.11. The van der Waals surface area contributed by atoms with E-state index < -0.39 is 29.0 Å². The first-order chi connectivity index (χ1) is 8.56. The van der Waals surface area contributed by atoms with Crippen LogP contribution in [0.1, 0.15) is 19.3 Å². The van der Waals surface area contributed by atoms with Gasteiger partial charge in [0.2, 0.25) is 5.91 Å². The Morgan fingerprint density at radius 3 is 2.83 bits per heavy atom. The van der Waals surface area contributed by atoms with Gasteiger partial charge in [-0.2, -0.15) is 0 Å². The monoisotopic (exact) mass is 258 g/mol. The Morgan fingerprint density at radius 2 is 2.17 bits per heavy atom. The molecule has 0 radical (unpaired) electrons. The van der Waals surface area contributed by atoms with Crippen molar-refractivity contribution in [3.05, 3.63) is 29.6 Å². The molecule has 0 aromatic heterocycles. The molecule has 1 aliphatic rings. The number of carbonyl (C=O) groups excluding carboxylic acids is 1. The van der Waals surface area contributed by atoms with E-state index in [1.807, 2.05) is 0 Å². The van der Waals surface area contributed by atoms with Crippen molar-refractivity contribution in [1.82, 2.24) is 5.32 Å². The summed E-state index contributed by atoms with van der Waals surface area (Å²) in [6, 6.07) is 1.24. The highest BCUT2D eigenvalue weighted by Crippen LogP contribution is 2.20. The fourth-order valence-electron chi connectivity index (χ4n) is 2.00. The number of amides is 1. The maximum Gasteiger partial charge on any atom is 0.226 e. The van der Waals surface area contributed by atoms with Gasteiger partial charge >= 0.3 is 0 Å². The van der Waals surface area contributed by atoms with Crippen molar-refractivity contribution in [2.24, 2.45) is 0 Å². The first-order valence-corrected chi connectivity index (χ1v) is 5.74. The van der Waals surface area contributed by atoms with Crippen molar-refractivity contribution >= 4 is 11.6 Å². The first kappa shape index (κ1) is 12.9. The summed E-state index contributed by atoms with van der Waals surface area (Å²) in [5, 5.41) is 5.29. The molecule has 3 nitrogen and oxygen atoms in total. The van der Waals surface area contributed by atoms with Gasteiger partial charge in [0.05, 0.1) is 5.69 Å². The summed E-state index contributed by atoms with van der Waals surface area (Å²) < 4.78 is 39.1. The number of benzene rings is 1. The van der Waals surface area contributed by atoms with Crippen LogP contribution in [0, 0.1) is 17.5 Å². The van der Waals surface area contributed by atoms with Crippen LogP contribution in [0.15, 0.2) is 12.1 Å². The molecule has 1 unspecified atom stereocenters. The summed E-state index contributed by atoms with van der Waals surface area (Å²) in [6.45, 7) is 0.848. The summed E-state index contributed by atoms with van der Waals surface area (Å²) in [7, 11) is 0. The molecule has 1 aromatic rings. The van der Waals surface area contributed by atoms with Crippen LogP contribution in [0.4, 0.5) is 18.9 Å². The van der Waals surface area contributed by atoms with E-state index in [-0.39, 0.29) is 12.5 Å². The zero-order chi connectivity index (χ0) is 13.1. The Balaban J connectivity index is 2.02. The lowest BCUT2D eigenvalue weighted by atomic mass is 10.1. The van der Waals surface area contributed by atoms with Crippen LogP contribution in [0.3, 0.4) is 0 Å². The van der Waals surface area contributed by atoms with E-state index in [1.54, 1.807) is 0 Å². The van der Waals surface area contributed by atoms with E-state index in [4.69, 9.17) is 0 Å². The standard InChI is InChI=1S/C12H13F3N2O/c13-7-4-9(14)12(15)10(5-7)17-11(18)6-8-2-1-3-16-8/h4-5,8,16H,1-3,6H2,(H,17,18). The van der Waals surface area contributed by atoms with Gasteiger partial charge in [-0.25, -0.2) is 13.2 Å². The van der Waals surface area contributed by atoms with Crippen molar-refractivity contribution in [2.75, 3.05) is 11.9 Å². The lowest BCUT2D eigenvalue weighted by Crippen LogP contribution is -2.27. The highest BCUT2D eigenvalue weighted by atomic mass is 19.2. The van der Waals surface area contributed by atoms with Gasteiger partial charge in [0.15, 0.2) is 11.6 Å². The molecule has 1 atom stereocenters. The second kappa shape index (κ2) is 5.39. The summed E-state index contributed by atoms with van der Waals surface area (Å²) in [6.07, 6.45) is 2.02. The van der Waals surface area contributed by atoms with Crippen LogP contribution in [-0.4, -0.2) is 18.5 Å². The minimum atomic E-state index is -1.32. The minimum absolute atomic E-state index is 0.0477. The normalized spacial score (nSPS) is 18.9. The third kappa shape index (κ3) is 3.01. The van der Waals surface area contributed by atoms with Crippen molar-refractivity contribution in [1.29, 1.82) is 0 Å². The predicted molar refractivity (Wildman–Crippen MR) is 60.6 cm³/mol. The van der Waals surface area contributed by atoms with E-state index >= 15 is 0 Å². The maximum absolute atomic E-state index is 13.3. The second-order valence-electron chi connectivity index (χ2n) is 4.29. The van der Waals surface area contributed by atoms with Gasteiger partial charge in [-0.3, -0.25) is 4.79 Å². The number of halogens is 3. The van der Waals surface area contributed by atoms with Crippen LogP contribution in [0.2, 0.25) is 0 Å². The molecule has 1 saturated heterocycles. The molecule has 0 spiro atoms. The largest absolute Gasteiger partial charge is 0.323 e. The fourth-order valence-corrected chi connectivity index (χ4v) is 2.00. The number of hydrogen-bond donors (Lipinski definition) is 2. The molecule has 1 amide bonds. The van der Waals surface area contributed by atoms with Crippen molar-refractivity contribution in [2.45, 2.75) is 25.3 Å². The Kier molecular flexibility index (Phi) is 3.86. The molecule has 1 fully saturated rings. The Hall–Kier alpha value is -1.56. The molecule has 1 aliphatic heterocycles. The number of hydrogen-bond acceptors (Lipinski definition) is 2. The highest BCUT2D eigenvalue weighted by Gasteiger charge is 2.19. The van der Waals surface area contributed by atoms with Gasteiger partial charge < -0.3 is 10.6 Å². The van der Waals surface area contributed by atoms with Crippen molar-refractivity contribution in [3.8, 4) is 0 Å². The molecule has 1 heterocycles. The number of carbonyl (C=O) groups is 1. The SMILES string of the molecule is O=C(CC1CCCN1)Nc1cc(F)cc(F)c1F. The summed E-state index contributed by atoms with van der Waals surface area (Å²) in [4.78, 5) is 11.6. The Morgan fingerprint density at radius 1 is 1.39 bits per heavy atom. The minimum Gasteiger partial charge on any atom is -0.323 e. The molecule has 6 heteroatoms. The zero-order valence-corrected chi connectivity index (χ0v) is 9.60. The number of nitrogens with one attached hydrogen (secondary N) is 2. The zero-order valence-electron chi connectivity index (χ0n) is 9.60. The van der Waals surface area contributed by atoms with Gasteiger partial charge in [0.25, 0.3) is 0 Å². The van der Waals surface area contributed by atoms with Gasteiger partial charge in [-0.15, -0.1) is 0 Å². The average molecular weight is 258 g/mol. The van der Waals surface area contributed by atoms with Gasteiger partial charge in [-0.1, -0.05) is 0 Å². The van der Waals surface area contributed by atoms with Crippen LogP contribution in [0.5, 0.6) is 0 Å². The van der Waals surface area contributed by atoms with Crippen molar-refractivity contribution < 1.29 is 18.0 Å². The molecule has 2 N–H and O–H groups in total. The highest BCUT2D eigenvalue weighted by molar-refractivity contribution is 5.91. The first-order valence-electron chi connectivity index (χ1n) is 5.74. The molecular formula is C12H13F3N2O. The van der Waals surface area contributed by atoms with E-state index in [0.717, 1.165) is 25.5 Å². The van der Waals surface area contributed by atoms with Gasteiger partial charge in [0.1, 0.15) is 5.82 Å². The molecule has 0 aliphatic carbocycles. The Labute approximate surface area is 102 Å². The van der Waals surface area contributed by atoms with E-state index in [9.17, 15) is 18.0 Å². The molecule has 0 bridgehead atoms. The third-order valence-corrected chi connectivity index (χ3v) is 2.86. The molecule has 98 valence electrons. The van der Waals surface area contributed by atoms with Crippen LogP contribution >= 0.6 is 0 Å². The van der Waals surface area contributed by atoms with Gasteiger partial charge in [-0.05, 0) is 19.4 Å². The third-order valence-electron chi connectivity index (χ3n) is 2.86. The second-order valence-corrected chi connectivity index (χ2v) is 4.29. The van der Waals surface area contributed by atoms with E-state index in [0.29, 0.717) is 6.07 Å². The smallest absolute Gasteiger partial charge is 0.226 e.